The van der Waals surface area contributed by atoms with Crippen molar-refractivity contribution in [1.29, 1.82) is 0 Å². The Bertz CT molecular complexity index is 1050. The highest BCUT2D eigenvalue weighted by atomic mass is 19.4. The first kappa shape index (κ1) is 22.3. The minimum absolute atomic E-state index is 0.0555. The largest absolute Gasteiger partial charge is 0.416 e. The summed E-state index contributed by atoms with van der Waals surface area (Å²) in [6.45, 7) is -0.449. The van der Waals surface area contributed by atoms with Crippen LogP contribution in [0.3, 0.4) is 0 Å². The van der Waals surface area contributed by atoms with Crippen molar-refractivity contribution >= 4 is 5.91 Å². The summed E-state index contributed by atoms with van der Waals surface area (Å²) < 4.78 is 78.5. The molecule has 0 spiro atoms. The van der Waals surface area contributed by atoms with Gasteiger partial charge in [-0.25, -0.2) is 0 Å². The molecule has 1 amide bonds. The lowest BCUT2D eigenvalue weighted by atomic mass is 10.0. The average Bonchev–Trinajstić information content (AvgIpc) is 2.72. The Morgan fingerprint density at radius 3 is 2.03 bits per heavy atom. The van der Waals surface area contributed by atoms with Gasteiger partial charge in [0.2, 0.25) is 0 Å². The minimum Gasteiger partial charge on any atom is -0.337 e. The van der Waals surface area contributed by atoms with E-state index in [0.29, 0.717) is 17.7 Å². The van der Waals surface area contributed by atoms with Crippen LogP contribution < -0.4 is 0 Å². The van der Waals surface area contributed by atoms with E-state index in [1.165, 1.54) is 19.4 Å². The molecule has 0 unspecified atom stereocenters. The number of hydrogen-bond donors (Lipinski definition) is 0. The summed E-state index contributed by atoms with van der Waals surface area (Å²) in [4.78, 5) is 17.9. The van der Waals surface area contributed by atoms with E-state index in [9.17, 15) is 31.1 Å². The molecule has 0 aliphatic rings. The maximum atomic E-state index is 13.1. The van der Waals surface area contributed by atoms with Gasteiger partial charge in [-0.3, -0.25) is 9.78 Å². The number of hydrogen-bond acceptors (Lipinski definition) is 2. The van der Waals surface area contributed by atoms with Gasteiger partial charge in [0.05, 0.1) is 16.7 Å². The predicted octanol–water partition coefficient (Wildman–Crippen LogP) is 6.06. The number of pyridine rings is 1. The summed E-state index contributed by atoms with van der Waals surface area (Å²) in [5, 5.41) is 0. The molecule has 31 heavy (non-hydrogen) atoms. The van der Waals surface area contributed by atoms with Gasteiger partial charge in [0.15, 0.2) is 0 Å². The number of nitrogens with zero attached hydrogens (tertiary/aromatic N) is 2. The molecule has 0 N–H and O–H groups in total. The van der Waals surface area contributed by atoms with Crippen LogP contribution >= 0.6 is 0 Å². The minimum atomic E-state index is -4.96. The van der Waals surface area contributed by atoms with Gasteiger partial charge in [0.1, 0.15) is 0 Å². The van der Waals surface area contributed by atoms with Crippen molar-refractivity contribution in [2.75, 3.05) is 7.05 Å². The van der Waals surface area contributed by atoms with Gasteiger partial charge >= 0.3 is 12.4 Å². The van der Waals surface area contributed by atoms with Crippen molar-refractivity contribution in [3.63, 3.8) is 0 Å². The zero-order valence-electron chi connectivity index (χ0n) is 16.1. The zero-order chi connectivity index (χ0) is 22.8. The van der Waals surface area contributed by atoms with Crippen molar-refractivity contribution in [2.45, 2.75) is 18.9 Å². The van der Waals surface area contributed by atoms with Crippen LogP contribution in [0.1, 0.15) is 27.0 Å². The van der Waals surface area contributed by atoms with Crippen molar-refractivity contribution in [3.05, 3.63) is 89.2 Å². The van der Waals surface area contributed by atoms with E-state index in [0.717, 1.165) is 10.5 Å². The second kappa shape index (κ2) is 8.41. The first-order chi connectivity index (χ1) is 14.5. The van der Waals surface area contributed by atoms with Crippen LogP contribution in [-0.2, 0) is 18.9 Å². The third-order valence-corrected chi connectivity index (χ3v) is 4.55. The molecule has 9 heteroatoms. The monoisotopic (exact) mass is 438 g/mol. The van der Waals surface area contributed by atoms with Gasteiger partial charge < -0.3 is 4.90 Å². The van der Waals surface area contributed by atoms with E-state index in [1.54, 1.807) is 36.4 Å². The predicted molar refractivity (Wildman–Crippen MR) is 102 cm³/mol. The summed E-state index contributed by atoms with van der Waals surface area (Å²) in [7, 11) is 1.30. The lowest BCUT2D eigenvalue weighted by Crippen LogP contribution is -2.27. The number of aromatic nitrogens is 1. The van der Waals surface area contributed by atoms with Crippen molar-refractivity contribution in [3.8, 4) is 11.1 Å². The van der Waals surface area contributed by atoms with Crippen LogP contribution in [0.2, 0.25) is 0 Å². The highest BCUT2D eigenvalue weighted by Gasteiger charge is 2.37. The second-order valence-electron chi connectivity index (χ2n) is 6.86. The van der Waals surface area contributed by atoms with Crippen molar-refractivity contribution in [2.24, 2.45) is 0 Å². The smallest absolute Gasteiger partial charge is 0.337 e. The summed E-state index contributed by atoms with van der Waals surface area (Å²) >= 11 is 0. The number of amides is 1. The van der Waals surface area contributed by atoms with E-state index in [1.807, 2.05) is 0 Å². The Morgan fingerprint density at radius 1 is 0.903 bits per heavy atom. The number of halogens is 6. The van der Waals surface area contributed by atoms with Crippen LogP contribution in [0, 0.1) is 0 Å². The quantitative estimate of drug-likeness (QED) is 0.464. The fourth-order valence-corrected chi connectivity index (χ4v) is 3.10. The lowest BCUT2D eigenvalue weighted by Gasteiger charge is -2.21. The normalized spacial score (nSPS) is 12.0. The summed E-state index contributed by atoms with van der Waals surface area (Å²) in [5.41, 5.74) is -1.69. The van der Waals surface area contributed by atoms with E-state index in [4.69, 9.17) is 0 Å². The molecular weight excluding hydrogens is 422 g/mol. The zero-order valence-corrected chi connectivity index (χ0v) is 16.1. The SMILES string of the molecule is CN(Cc1cc(C(F)(F)F)cc(C(F)(F)F)c1)C(=O)c1cnccc1-c1ccccc1. The maximum absolute atomic E-state index is 13.1. The number of carbonyl (C=O) groups excluding carboxylic acids is 1. The fraction of sp³-hybridized carbons (Fsp3) is 0.182. The molecule has 3 aromatic rings. The van der Waals surface area contributed by atoms with Gasteiger partial charge in [0, 0.05) is 26.0 Å². The molecule has 1 aromatic heterocycles. The standard InChI is InChI=1S/C22H16F6N2O/c1-30(13-14-9-16(21(23,24)25)11-17(10-14)22(26,27)28)20(31)19-12-29-8-7-18(19)15-5-3-2-4-6-15/h2-12H,13H2,1H3. The first-order valence-corrected chi connectivity index (χ1v) is 9.00. The average molecular weight is 438 g/mol. The van der Waals surface area contributed by atoms with Crippen LogP contribution in [0.15, 0.2) is 67.0 Å². The molecule has 3 nitrogen and oxygen atoms in total. The Hall–Kier alpha value is -3.36. The molecule has 0 aliphatic heterocycles. The first-order valence-electron chi connectivity index (χ1n) is 9.00. The molecule has 0 atom stereocenters. The van der Waals surface area contributed by atoms with E-state index < -0.39 is 35.9 Å². The Balaban J connectivity index is 1.94. The van der Waals surface area contributed by atoms with Crippen molar-refractivity contribution in [1.82, 2.24) is 9.88 Å². The highest BCUT2D eigenvalue weighted by Crippen LogP contribution is 2.36. The van der Waals surface area contributed by atoms with Crippen LogP contribution in [-0.4, -0.2) is 22.8 Å². The van der Waals surface area contributed by atoms with Crippen LogP contribution in [0.4, 0.5) is 26.3 Å². The molecule has 0 aliphatic carbocycles. The van der Waals surface area contributed by atoms with Crippen LogP contribution in [0.5, 0.6) is 0 Å². The second-order valence-corrected chi connectivity index (χ2v) is 6.86. The summed E-state index contributed by atoms with van der Waals surface area (Å²) in [6, 6.07) is 11.8. The maximum Gasteiger partial charge on any atom is 0.416 e. The molecule has 0 fully saturated rings. The number of carbonyl (C=O) groups is 1. The Labute approximate surface area is 174 Å². The third kappa shape index (κ3) is 5.22. The molecule has 0 radical (unpaired) electrons. The Kier molecular flexibility index (Phi) is 6.06. The molecule has 162 valence electrons. The van der Waals surface area contributed by atoms with Gasteiger partial charge in [-0.05, 0) is 41.0 Å². The fourth-order valence-electron chi connectivity index (χ4n) is 3.10. The molecule has 2 aromatic carbocycles. The third-order valence-electron chi connectivity index (χ3n) is 4.55. The highest BCUT2D eigenvalue weighted by molar-refractivity contribution is 6.00. The van der Waals surface area contributed by atoms with Gasteiger partial charge in [0.25, 0.3) is 5.91 Å². The molecule has 0 bridgehead atoms. The number of rotatable bonds is 4. The van der Waals surface area contributed by atoms with Gasteiger partial charge in [-0.2, -0.15) is 26.3 Å². The number of benzene rings is 2. The summed E-state index contributed by atoms with van der Waals surface area (Å²) in [5.74, 6) is -0.585. The van der Waals surface area contributed by atoms with Crippen LogP contribution in [0.25, 0.3) is 11.1 Å². The summed E-state index contributed by atoms with van der Waals surface area (Å²) in [6.07, 6.45) is -7.11. The molecule has 3 rings (SSSR count). The Morgan fingerprint density at radius 2 is 1.48 bits per heavy atom. The van der Waals surface area contributed by atoms with Gasteiger partial charge in [-0.1, -0.05) is 30.3 Å². The molecule has 1 heterocycles. The molecule has 0 saturated carbocycles. The van der Waals surface area contributed by atoms with E-state index in [2.05, 4.69) is 4.98 Å². The topological polar surface area (TPSA) is 33.2 Å². The molecular formula is C22H16F6N2O. The lowest BCUT2D eigenvalue weighted by molar-refractivity contribution is -0.143. The number of alkyl halides is 6. The molecule has 0 saturated heterocycles. The van der Waals surface area contributed by atoms with Gasteiger partial charge in [-0.15, -0.1) is 0 Å². The van der Waals surface area contributed by atoms with Crippen molar-refractivity contribution < 1.29 is 31.1 Å². The van der Waals surface area contributed by atoms with E-state index >= 15 is 0 Å². The van der Waals surface area contributed by atoms with E-state index in [-0.39, 0.29) is 17.2 Å².